The zero-order valence-electron chi connectivity index (χ0n) is 13.6. The van der Waals surface area contributed by atoms with Gasteiger partial charge in [-0.05, 0) is 49.4 Å². The van der Waals surface area contributed by atoms with Crippen LogP contribution in [-0.2, 0) is 4.79 Å². The average molecular weight is 350 g/mol. The Bertz CT molecular complexity index is 660. The molecule has 0 saturated carbocycles. The van der Waals surface area contributed by atoms with Gasteiger partial charge in [0.2, 0.25) is 0 Å². The van der Waals surface area contributed by atoms with E-state index in [0.29, 0.717) is 29.7 Å². The number of rotatable bonds is 8. The molecule has 1 unspecified atom stereocenters. The van der Waals surface area contributed by atoms with Gasteiger partial charge < -0.3 is 19.5 Å². The molecule has 0 saturated heterocycles. The standard InChI is InChI=1S/C18H20ClNO4/c1-13(24-17-5-3-4-14(19)12-17)18(21)20-10-11-23-16-8-6-15(22-2)7-9-16/h3-9,12-13H,10-11H2,1-2H3,(H,20,21). The highest BCUT2D eigenvalue weighted by Gasteiger charge is 2.14. The SMILES string of the molecule is COc1ccc(OCCNC(=O)C(C)Oc2cccc(Cl)c2)cc1. The second-order valence-electron chi connectivity index (χ2n) is 5.03. The van der Waals surface area contributed by atoms with Crippen LogP contribution < -0.4 is 19.5 Å². The van der Waals surface area contributed by atoms with E-state index in [2.05, 4.69) is 5.32 Å². The Labute approximate surface area is 146 Å². The van der Waals surface area contributed by atoms with Gasteiger partial charge in [0.25, 0.3) is 5.91 Å². The van der Waals surface area contributed by atoms with Gasteiger partial charge in [-0.15, -0.1) is 0 Å². The number of amides is 1. The molecule has 0 aliphatic rings. The quantitative estimate of drug-likeness (QED) is 0.743. The maximum Gasteiger partial charge on any atom is 0.260 e. The normalized spacial score (nSPS) is 11.5. The van der Waals surface area contributed by atoms with Crippen molar-refractivity contribution in [1.29, 1.82) is 0 Å². The molecule has 0 spiro atoms. The fraction of sp³-hybridized carbons (Fsp3) is 0.278. The van der Waals surface area contributed by atoms with Gasteiger partial charge in [-0.2, -0.15) is 0 Å². The molecule has 5 nitrogen and oxygen atoms in total. The number of benzene rings is 2. The van der Waals surface area contributed by atoms with Crippen LogP contribution in [0.2, 0.25) is 5.02 Å². The van der Waals surface area contributed by atoms with Crippen LogP contribution in [0.15, 0.2) is 48.5 Å². The first-order chi connectivity index (χ1) is 11.6. The fourth-order valence-corrected chi connectivity index (χ4v) is 2.14. The number of ether oxygens (including phenoxy) is 3. The van der Waals surface area contributed by atoms with Crippen LogP contribution in [0.4, 0.5) is 0 Å². The van der Waals surface area contributed by atoms with Gasteiger partial charge in [0.05, 0.1) is 13.7 Å². The van der Waals surface area contributed by atoms with Crippen molar-refractivity contribution in [1.82, 2.24) is 5.32 Å². The second kappa shape index (κ2) is 9.03. The predicted octanol–water partition coefficient (Wildman–Crippen LogP) is 3.31. The number of carbonyl (C=O) groups excluding carboxylic acids is 1. The van der Waals surface area contributed by atoms with Crippen molar-refractivity contribution in [3.8, 4) is 17.2 Å². The summed E-state index contributed by atoms with van der Waals surface area (Å²) < 4.78 is 16.2. The Morgan fingerprint density at radius 2 is 1.83 bits per heavy atom. The van der Waals surface area contributed by atoms with Gasteiger partial charge >= 0.3 is 0 Å². The Hall–Kier alpha value is -2.40. The lowest BCUT2D eigenvalue weighted by Gasteiger charge is -2.15. The minimum Gasteiger partial charge on any atom is -0.497 e. The molecule has 2 aromatic carbocycles. The molecule has 0 bridgehead atoms. The number of halogens is 1. The Balaban J connectivity index is 1.70. The zero-order valence-corrected chi connectivity index (χ0v) is 14.4. The molecule has 24 heavy (non-hydrogen) atoms. The number of carbonyl (C=O) groups is 1. The van der Waals surface area contributed by atoms with Gasteiger partial charge in [0, 0.05) is 5.02 Å². The van der Waals surface area contributed by atoms with E-state index in [9.17, 15) is 4.79 Å². The van der Waals surface area contributed by atoms with E-state index in [0.717, 1.165) is 5.75 Å². The second-order valence-corrected chi connectivity index (χ2v) is 5.47. The van der Waals surface area contributed by atoms with E-state index in [-0.39, 0.29) is 5.91 Å². The maximum atomic E-state index is 12.0. The predicted molar refractivity (Wildman–Crippen MR) is 93.0 cm³/mol. The molecule has 0 aromatic heterocycles. The van der Waals surface area contributed by atoms with E-state index >= 15 is 0 Å². The molecule has 0 aliphatic heterocycles. The van der Waals surface area contributed by atoms with Gasteiger partial charge in [-0.3, -0.25) is 4.79 Å². The van der Waals surface area contributed by atoms with Crippen LogP contribution in [0, 0.1) is 0 Å². The first-order valence-electron chi connectivity index (χ1n) is 7.55. The third-order valence-corrected chi connectivity index (χ3v) is 3.44. The largest absolute Gasteiger partial charge is 0.497 e. The fourth-order valence-electron chi connectivity index (χ4n) is 1.96. The third-order valence-electron chi connectivity index (χ3n) is 3.21. The minimum atomic E-state index is -0.621. The van der Waals surface area contributed by atoms with E-state index < -0.39 is 6.10 Å². The molecule has 2 aromatic rings. The molecule has 1 amide bonds. The Kier molecular flexibility index (Phi) is 6.75. The maximum absolute atomic E-state index is 12.0. The molecule has 128 valence electrons. The third kappa shape index (κ3) is 5.66. The first-order valence-corrected chi connectivity index (χ1v) is 7.93. The molecule has 0 aliphatic carbocycles. The van der Waals surface area contributed by atoms with E-state index in [1.807, 2.05) is 24.3 Å². The Morgan fingerprint density at radius 1 is 1.12 bits per heavy atom. The van der Waals surface area contributed by atoms with Crippen LogP contribution in [0.3, 0.4) is 0 Å². The minimum absolute atomic E-state index is 0.215. The summed E-state index contributed by atoms with van der Waals surface area (Å²) in [7, 11) is 1.61. The summed E-state index contributed by atoms with van der Waals surface area (Å²) in [6.45, 7) is 2.43. The molecular formula is C18H20ClNO4. The molecule has 0 heterocycles. The van der Waals surface area contributed by atoms with Crippen LogP contribution in [0.25, 0.3) is 0 Å². The smallest absolute Gasteiger partial charge is 0.260 e. The summed E-state index contributed by atoms with van der Waals surface area (Å²) in [5.74, 6) is 1.82. The van der Waals surface area contributed by atoms with Crippen molar-refractivity contribution in [3.05, 3.63) is 53.6 Å². The van der Waals surface area contributed by atoms with Crippen molar-refractivity contribution in [2.75, 3.05) is 20.3 Å². The van der Waals surface area contributed by atoms with Gasteiger partial charge in [0.1, 0.15) is 23.9 Å². The summed E-state index contributed by atoms with van der Waals surface area (Å²) in [6, 6.07) is 14.2. The highest BCUT2D eigenvalue weighted by molar-refractivity contribution is 6.30. The molecule has 6 heteroatoms. The number of hydrogen-bond acceptors (Lipinski definition) is 4. The number of hydrogen-bond donors (Lipinski definition) is 1. The van der Waals surface area contributed by atoms with E-state index in [1.54, 1.807) is 38.3 Å². The summed E-state index contributed by atoms with van der Waals surface area (Å²) in [6.07, 6.45) is -0.621. The highest BCUT2D eigenvalue weighted by Crippen LogP contribution is 2.18. The molecular weight excluding hydrogens is 330 g/mol. The molecule has 2 rings (SSSR count). The zero-order chi connectivity index (χ0) is 17.4. The topological polar surface area (TPSA) is 56.8 Å². The summed E-state index contributed by atoms with van der Waals surface area (Å²) in [5.41, 5.74) is 0. The van der Waals surface area contributed by atoms with Crippen LogP contribution in [-0.4, -0.2) is 32.3 Å². The Morgan fingerprint density at radius 3 is 2.50 bits per heavy atom. The van der Waals surface area contributed by atoms with Gasteiger partial charge in [0.15, 0.2) is 6.10 Å². The monoisotopic (exact) mass is 349 g/mol. The highest BCUT2D eigenvalue weighted by atomic mass is 35.5. The van der Waals surface area contributed by atoms with Crippen molar-refractivity contribution >= 4 is 17.5 Å². The molecule has 1 N–H and O–H groups in total. The van der Waals surface area contributed by atoms with Crippen LogP contribution in [0.1, 0.15) is 6.92 Å². The summed E-state index contributed by atoms with van der Waals surface area (Å²) >= 11 is 5.88. The lowest BCUT2D eigenvalue weighted by Crippen LogP contribution is -2.38. The molecule has 1 atom stereocenters. The number of nitrogens with one attached hydrogen (secondary N) is 1. The van der Waals surface area contributed by atoms with Crippen LogP contribution >= 0.6 is 11.6 Å². The summed E-state index contributed by atoms with van der Waals surface area (Å²) in [5, 5.41) is 3.33. The van der Waals surface area contributed by atoms with Gasteiger partial charge in [-0.1, -0.05) is 17.7 Å². The molecule has 0 fully saturated rings. The van der Waals surface area contributed by atoms with Crippen molar-refractivity contribution in [3.63, 3.8) is 0 Å². The lowest BCUT2D eigenvalue weighted by molar-refractivity contribution is -0.127. The average Bonchev–Trinajstić information content (AvgIpc) is 2.59. The summed E-state index contributed by atoms with van der Waals surface area (Å²) in [4.78, 5) is 12.0. The van der Waals surface area contributed by atoms with E-state index in [4.69, 9.17) is 25.8 Å². The van der Waals surface area contributed by atoms with Crippen molar-refractivity contribution in [2.45, 2.75) is 13.0 Å². The first kappa shape index (κ1) is 17.9. The molecule has 0 radical (unpaired) electrons. The number of methoxy groups -OCH3 is 1. The lowest BCUT2D eigenvalue weighted by atomic mass is 10.3. The van der Waals surface area contributed by atoms with Crippen molar-refractivity contribution in [2.24, 2.45) is 0 Å². The van der Waals surface area contributed by atoms with Crippen molar-refractivity contribution < 1.29 is 19.0 Å². The van der Waals surface area contributed by atoms with Crippen LogP contribution in [0.5, 0.6) is 17.2 Å². The van der Waals surface area contributed by atoms with Gasteiger partial charge in [-0.25, -0.2) is 0 Å². The van der Waals surface area contributed by atoms with E-state index in [1.165, 1.54) is 0 Å².